The quantitative estimate of drug-likeness (QED) is 0.159. The Labute approximate surface area is 219 Å². The maximum atomic E-state index is 12.8. The van der Waals surface area contributed by atoms with E-state index in [0.717, 1.165) is 22.9 Å². The summed E-state index contributed by atoms with van der Waals surface area (Å²) in [6.07, 6.45) is 10.8. The van der Waals surface area contributed by atoms with Crippen LogP contribution in [0.5, 0.6) is 5.75 Å². The molecule has 0 bridgehead atoms. The lowest BCUT2D eigenvalue weighted by Crippen LogP contribution is -2.17. The van der Waals surface area contributed by atoms with Crippen molar-refractivity contribution in [3.63, 3.8) is 0 Å². The number of ether oxygens (including phenoxy) is 1. The van der Waals surface area contributed by atoms with Crippen molar-refractivity contribution in [2.45, 2.75) is 84.6 Å². The highest BCUT2D eigenvalue weighted by Gasteiger charge is 2.17. The molecule has 3 aromatic rings. The summed E-state index contributed by atoms with van der Waals surface area (Å²) in [5.74, 6) is -0.453. The van der Waals surface area contributed by atoms with E-state index in [1.54, 1.807) is 10.8 Å². The lowest BCUT2D eigenvalue weighted by atomic mass is 10.0. The fourth-order valence-corrected chi connectivity index (χ4v) is 4.56. The van der Waals surface area contributed by atoms with Crippen LogP contribution in [0.2, 0.25) is 0 Å². The van der Waals surface area contributed by atoms with Crippen LogP contribution in [0.1, 0.15) is 86.2 Å². The first-order valence-corrected chi connectivity index (χ1v) is 13.4. The van der Waals surface area contributed by atoms with Gasteiger partial charge in [-0.25, -0.2) is 0 Å². The number of aryl methyl sites for hydroxylation is 2. The number of aromatic nitrogens is 1. The molecule has 37 heavy (non-hydrogen) atoms. The normalized spacial score (nSPS) is 11.1. The van der Waals surface area contributed by atoms with Crippen molar-refractivity contribution in [1.29, 1.82) is 0 Å². The molecule has 3 rings (SSSR count). The van der Waals surface area contributed by atoms with Gasteiger partial charge in [-0.15, -0.1) is 0 Å². The molecular formula is C31H39NO5. The van der Waals surface area contributed by atoms with Crippen molar-refractivity contribution in [2.24, 2.45) is 0 Å². The number of hydrogen-bond donors (Lipinski definition) is 1. The van der Waals surface area contributed by atoms with Gasteiger partial charge in [0.25, 0.3) is 0 Å². The Hall–Kier alpha value is -3.41. The summed E-state index contributed by atoms with van der Waals surface area (Å²) in [5.41, 5.74) is 3.63. The maximum absolute atomic E-state index is 12.8. The van der Waals surface area contributed by atoms with E-state index in [1.807, 2.05) is 37.3 Å². The minimum atomic E-state index is -0.913. The smallest absolute Gasteiger partial charge is 0.303 e. The third-order valence-corrected chi connectivity index (χ3v) is 6.62. The van der Waals surface area contributed by atoms with Crippen molar-refractivity contribution in [1.82, 2.24) is 4.57 Å². The summed E-state index contributed by atoms with van der Waals surface area (Å²) in [6, 6.07) is 13.8. The van der Waals surface area contributed by atoms with E-state index in [9.17, 15) is 14.4 Å². The number of carbonyl (C=O) groups is 3. The number of carboxylic acid groups (broad SMARTS) is 1. The molecule has 0 aliphatic heterocycles. The van der Waals surface area contributed by atoms with Gasteiger partial charge in [-0.05, 0) is 56.0 Å². The van der Waals surface area contributed by atoms with Crippen molar-refractivity contribution >= 4 is 28.4 Å². The van der Waals surface area contributed by atoms with Gasteiger partial charge in [0.05, 0.1) is 6.54 Å². The SMILES string of the molecule is CCCCCCCCc1ccc(OCC(=O)Cn2cc(C(=O)CCCC(=O)O)c3cc(C)ccc32)cc1. The Morgan fingerprint density at radius 3 is 2.35 bits per heavy atom. The number of benzene rings is 2. The Balaban J connectivity index is 1.55. The number of unbranched alkanes of at least 4 members (excludes halogenated alkanes) is 5. The predicted octanol–water partition coefficient (Wildman–Crippen LogP) is 6.94. The zero-order valence-electron chi connectivity index (χ0n) is 22.1. The Morgan fingerprint density at radius 2 is 1.62 bits per heavy atom. The van der Waals surface area contributed by atoms with Crippen LogP contribution in [0.4, 0.5) is 0 Å². The molecule has 0 unspecified atom stereocenters. The zero-order valence-corrected chi connectivity index (χ0v) is 22.1. The van der Waals surface area contributed by atoms with Crippen LogP contribution in [0.15, 0.2) is 48.7 Å². The minimum absolute atomic E-state index is 0.0424. The highest BCUT2D eigenvalue weighted by atomic mass is 16.5. The summed E-state index contributed by atoms with van der Waals surface area (Å²) >= 11 is 0. The van der Waals surface area contributed by atoms with Crippen LogP contribution in [0.3, 0.4) is 0 Å². The Morgan fingerprint density at radius 1 is 0.892 bits per heavy atom. The maximum Gasteiger partial charge on any atom is 0.303 e. The van der Waals surface area contributed by atoms with Crippen LogP contribution in [0, 0.1) is 6.92 Å². The second kappa shape index (κ2) is 14.4. The van der Waals surface area contributed by atoms with E-state index in [2.05, 4.69) is 19.1 Å². The Bertz CT molecular complexity index is 1190. The van der Waals surface area contributed by atoms with Crippen LogP contribution in [-0.4, -0.2) is 33.8 Å². The third-order valence-electron chi connectivity index (χ3n) is 6.62. The largest absolute Gasteiger partial charge is 0.486 e. The lowest BCUT2D eigenvalue weighted by Gasteiger charge is -2.08. The molecule has 0 amide bonds. The van der Waals surface area contributed by atoms with Gasteiger partial charge in [0, 0.05) is 35.5 Å². The van der Waals surface area contributed by atoms with Crippen LogP contribution in [0.25, 0.3) is 10.9 Å². The van der Waals surface area contributed by atoms with Crippen molar-refractivity contribution < 1.29 is 24.2 Å². The average Bonchev–Trinajstić information content (AvgIpc) is 3.22. The molecule has 6 nitrogen and oxygen atoms in total. The molecule has 0 radical (unpaired) electrons. The summed E-state index contributed by atoms with van der Waals surface area (Å²) in [6.45, 7) is 4.23. The standard InChI is InChI=1S/C31H39NO5/c1-3-4-5-6-7-8-10-24-14-16-26(17-15-24)37-22-25(33)20-32-21-28(30(34)11-9-12-31(35)36)27-19-23(2)13-18-29(27)32/h13-19,21H,3-12,20,22H2,1-2H3,(H,35,36). The molecule has 0 spiro atoms. The first-order valence-electron chi connectivity index (χ1n) is 13.4. The predicted molar refractivity (Wildman–Crippen MR) is 147 cm³/mol. The van der Waals surface area contributed by atoms with Gasteiger partial charge in [-0.2, -0.15) is 0 Å². The number of ketones is 2. The topological polar surface area (TPSA) is 85.6 Å². The van der Waals surface area contributed by atoms with E-state index in [1.165, 1.54) is 44.1 Å². The molecule has 1 heterocycles. The molecule has 0 fully saturated rings. The highest BCUT2D eigenvalue weighted by Crippen LogP contribution is 2.25. The van der Waals surface area contributed by atoms with Crippen molar-refractivity contribution in [3.05, 3.63) is 65.4 Å². The average molecular weight is 506 g/mol. The fraction of sp³-hybridized carbons (Fsp3) is 0.452. The number of rotatable bonds is 17. The van der Waals surface area contributed by atoms with Gasteiger partial charge in [0.1, 0.15) is 12.4 Å². The monoisotopic (exact) mass is 505 g/mol. The van der Waals surface area contributed by atoms with Crippen LogP contribution < -0.4 is 4.74 Å². The fourth-order valence-electron chi connectivity index (χ4n) is 4.56. The molecule has 198 valence electrons. The van der Waals surface area contributed by atoms with Crippen molar-refractivity contribution in [2.75, 3.05) is 6.61 Å². The molecule has 1 aromatic heterocycles. The summed E-state index contributed by atoms with van der Waals surface area (Å²) < 4.78 is 7.53. The Kier molecular flexibility index (Phi) is 10.9. The van der Waals surface area contributed by atoms with Crippen LogP contribution >= 0.6 is 0 Å². The van der Waals surface area contributed by atoms with E-state index < -0.39 is 5.97 Å². The minimum Gasteiger partial charge on any atom is -0.486 e. The molecule has 0 aliphatic carbocycles. The molecule has 0 saturated carbocycles. The summed E-state index contributed by atoms with van der Waals surface area (Å²) in [7, 11) is 0. The van der Waals surface area contributed by atoms with E-state index in [-0.39, 0.29) is 44.0 Å². The lowest BCUT2D eigenvalue weighted by molar-refractivity contribution is -0.137. The van der Waals surface area contributed by atoms with Crippen LogP contribution in [-0.2, 0) is 22.6 Å². The number of fused-ring (bicyclic) bond motifs is 1. The first kappa shape index (κ1) is 28.2. The van der Waals surface area contributed by atoms with Gasteiger partial charge in [0.2, 0.25) is 0 Å². The third kappa shape index (κ3) is 8.88. The number of Topliss-reactive ketones (excluding diaryl/α,β-unsaturated/α-hetero) is 2. The number of carboxylic acids is 1. The molecule has 0 aliphatic rings. The van der Waals surface area contributed by atoms with E-state index in [4.69, 9.17) is 9.84 Å². The molecule has 0 atom stereocenters. The number of nitrogens with zero attached hydrogens (tertiary/aromatic N) is 1. The van der Waals surface area contributed by atoms with Gasteiger partial charge < -0.3 is 14.4 Å². The second-order valence-corrected chi connectivity index (χ2v) is 9.85. The first-order chi connectivity index (χ1) is 17.9. The number of hydrogen-bond acceptors (Lipinski definition) is 4. The van der Waals surface area contributed by atoms with Gasteiger partial charge in [-0.1, -0.05) is 62.8 Å². The second-order valence-electron chi connectivity index (χ2n) is 9.85. The highest BCUT2D eigenvalue weighted by molar-refractivity contribution is 6.08. The zero-order chi connectivity index (χ0) is 26.6. The molecule has 1 N–H and O–H groups in total. The number of carbonyl (C=O) groups excluding carboxylic acids is 2. The van der Waals surface area contributed by atoms with Gasteiger partial charge in [0.15, 0.2) is 11.6 Å². The molecule has 2 aromatic carbocycles. The van der Waals surface area contributed by atoms with Crippen molar-refractivity contribution in [3.8, 4) is 5.75 Å². The van der Waals surface area contributed by atoms with Gasteiger partial charge in [-0.3, -0.25) is 14.4 Å². The van der Waals surface area contributed by atoms with E-state index in [0.29, 0.717) is 11.3 Å². The number of aliphatic carboxylic acids is 1. The molecule has 6 heteroatoms. The summed E-state index contributed by atoms with van der Waals surface area (Å²) in [4.78, 5) is 36.3. The molecular weight excluding hydrogens is 466 g/mol. The van der Waals surface area contributed by atoms with Gasteiger partial charge >= 0.3 is 5.97 Å². The van der Waals surface area contributed by atoms with E-state index >= 15 is 0 Å². The molecule has 0 saturated heterocycles. The summed E-state index contributed by atoms with van der Waals surface area (Å²) in [5, 5.41) is 9.64.